The van der Waals surface area contributed by atoms with E-state index >= 15 is 0 Å². The van der Waals surface area contributed by atoms with Gasteiger partial charge in [0.05, 0.1) is 23.7 Å². The van der Waals surface area contributed by atoms with Crippen LogP contribution in [0.1, 0.15) is 46.3 Å². The van der Waals surface area contributed by atoms with Crippen LogP contribution in [0.25, 0.3) is 11.0 Å². The second-order valence-corrected chi connectivity index (χ2v) is 13.8. The van der Waals surface area contributed by atoms with Gasteiger partial charge in [0.25, 0.3) is 0 Å². The van der Waals surface area contributed by atoms with Gasteiger partial charge in [-0.25, -0.2) is 15.1 Å². The van der Waals surface area contributed by atoms with Gasteiger partial charge in [0.2, 0.25) is 0 Å². The summed E-state index contributed by atoms with van der Waals surface area (Å²) in [5.74, 6) is 0.548. The average Bonchev–Trinajstić information content (AvgIpc) is 3.56. The minimum absolute atomic E-state index is 0.103. The van der Waals surface area contributed by atoms with Crippen molar-refractivity contribution in [3.05, 3.63) is 71.2 Å². The van der Waals surface area contributed by atoms with Crippen molar-refractivity contribution < 1.29 is 36.5 Å². The molecule has 0 bridgehead atoms. The number of nitrogens with zero attached hydrogens (tertiary/aromatic N) is 3. The van der Waals surface area contributed by atoms with Gasteiger partial charge < -0.3 is 23.1 Å². The minimum Gasteiger partial charge on any atom is -0.460 e. The van der Waals surface area contributed by atoms with E-state index in [1.807, 2.05) is 23.1 Å². The molecule has 48 heavy (non-hydrogen) atoms. The maximum absolute atomic E-state index is 13.5. The molecule has 2 aromatic heterocycles. The highest BCUT2D eigenvalue weighted by atomic mass is 35.5. The number of alkyl halides is 3. The van der Waals surface area contributed by atoms with Crippen molar-refractivity contribution in [2.24, 2.45) is 5.92 Å². The number of halogens is 4. The van der Waals surface area contributed by atoms with Crippen LogP contribution < -0.4 is 19.9 Å². The molecule has 0 spiro atoms. The molecule has 1 aromatic carbocycles. The van der Waals surface area contributed by atoms with Gasteiger partial charge in [-0.05, 0) is 75.3 Å². The molecule has 1 aliphatic carbocycles. The molecule has 17 heteroatoms. The molecule has 0 amide bonds. The van der Waals surface area contributed by atoms with E-state index < -0.39 is 38.4 Å². The Hall–Kier alpha value is -2.91. The molecule has 5 rings (SSSR count). The number of rotatable bonds is 15. The lowest BCUT2D eigenvalue weighted by atomic mass is 10.1. The van der Waals surface area contributed by atoms with Gasteiger partial charge in [-0.2, -0.15) is 18.0 Å². The lowest BCUT2D eigenvalue weighted by molar-refractivity contribution is -0.146. The maximum atomic E-state index is 13.5. The standard InChI is InChI=1S/C31H37ClF3N6O5PS/c1-5-6-25(31(33,34)35)20(3)16-43-29(42)30(12-13-30)39-47(46-22-9-7-21(32)8-10-22)44-17-23-15-19(2)28(45-23)41-14-11-24-26(38-40-48-4)36-18-37-27(24)41/h5-11,14,18-19,23,28,39-40H,12-13,15-17H2,1-4H3,(H,36,37,38)/b6-5-,25-20-. The Labute approximate surface area is 287 Å². The van der Waals surface area contributed by atoms with Gasteiger partial charge in [-0.15, -0.1) is 0 Å². The van der Waals surface area contributed by atoms with Crippen molar-refractivity contribution in [2.75, 3.05) is 24.9 Å². The zero-order valence-electron chi connectivity index (χ0n) is 26.7. The fraction of sp³-hybridized carbons (Fsp3) is 0.452. The Bertz CT molecular complexity index is 1640. The minimum atomic E-state index is -4.57. The van der Waals surface area contributed by atoms with E-state index in [2.05, 4.69) is 32.2 Å². The maximum Gasteiger partial charge on any atom is 0.416 e. The van der Waals surface area contributed by atoms with E-state index in [9.17, 15) is 18.0 Å². The Morgan fingerprint density at radius 2 is 2.00 bits per heavy atom. The first-order chi connectivity index (χ1) is 22.9. The molecule has 1 saturated carbocycles. The van der Waals surface area contributed by atoms with Crippen molar-refractivity contribution in [1.82, 2.24) is 24.5 Å². The third kappa shape index (κ3) is 8.81. The molecule has 3 N–H and O–H groups in total. The fourth-order valence-corrected chi connectivity index (χ4v) is 7.03. The first-order valence-electron chi connectivity index (χ1n) is 15.2. The number of esters is 1. The van der Waals surface area contributed by atoms with E-state index in [-0.39, 0.29) is 30.4 Å². The number of fused-ring (bicyclic) bond motifs is 1. The number of allylic oxidation sites excluding steroid dienone is 3. The lowest BCUT2D eigenvalue weighted by Crippen LogP contribution is -2.39. The third-order valence-electron chi connectivity index (χ3n) is 7.85. The Kier molecular flexibility index (Phi) is 11.9. The highest BCUT2D eigenvalue weighted by Gasteiger charge is 2.54. The largest absolute Gasteiger partial charge is 0.460 e. The molecule has 3 heterocycles. The summed E-state index contributed by atoms with van der Waals surface area (Å²) in [6.45, 7) is 4.52. The quantitative estimate of drug-likeness (QED) is 0.0471. The van der Waals surface area contributed by atoms with Gasteiger partial charge in [0.15, 0.2) is 5.82 Å². The van der Waals surface area contributed by atoms with Crippen molar-refractivity contribution >= 4 is 54.9 Å². The highest BCUT2D eigenvalue weighted by Crippen LogP contribution is 2.48. The number of nitrogens with one attached hydrogen (secondary N) is 3. The first-order valence-corrected chi connectivity index (χ1v) is 17.9. The second kappa shape index (κ2) is 15.8. The summed E-state index contributed by atoms with van der Waals surface area (Å²) in [7, 11) is -1.92. The monoisotopic (exact) mass is 728 g/mol. The molecular formula is C31H37ClF3N6O5PS. The summed E-state index contributed by atoms with van der Waals surface area (Å²) >= 11 is 7.46. The van der Waals surface area contributed by atoms with Crippen LogP contribution >= 0.6 is 32.1 Å². The van der Waals surface area contributed by atoms with Gasteiger partial charge in [-0.3, -0.25) is 10.2 Å². The number of benzene rings is 1. The highest BCUT2D eigenvalue weighted by molar-refractivity contribution is 7.96. The summed E-state index contributed by atoms with van der Waals surface area (Å²) in [4.78, 5) is 25.0. The normalized spacial score (nSPS) is 21.7. The zero-order chi connectivity index (χ0) is 34.5. The number of ether oxygens (including phenoxy) is 2. The molecule has 3 aromatic rings. The number of anilines is 1. The Morgan fingerprint density at radius 3 is 2.67 bits per heavy atom. The van der Waals surface area contributed by atoms with Gasteiger partial charge in [0, 0.05) is 17.1 Å². The van der Waals surface area contributed by atoms with Crippen molar-refractivity contribution in [3.8, 4) is 5.75 Å². The topological polar surface area (TPSA) is 121 Å². The smallest absolute Gasteiger partial charge is 0.416 e. The van der Waals surface area contributed by atoms with Crippen molar-refractivity contribution in [3.63, 3.8) is 0 Å². The number of hydrazine groups is 1. The molecule has 0 radical (unpaired) electrons. The Balaban J connectivity index is 1.26. The predicted octanol–water partition coefficient (Wildman–Crippen LogP) is 7.65. The molecule has 1 saturated heterocycles. The Morgan fingerprint density at radius 1 is 1.25 bits per heavy atom. The molecule has 2 aliphatic rings. The summed E-state index contributed by atoms with van der Waals surface area (Å²) in [6, 6.07) is 8.61. The van der Waals surface area contributed by atoms with Crippen LogP contribution in [-0.4, -0.2) is 57.8 Å². The lowest BCUT2D eigenvalue weighted by Gasteiger charge is -2.25. The summed E-state index contributed by atoms with van der Waals surface area (Å²) < 4.78 is 66.6. The molecule has 2 fully saturated rings. The first kappa shape index (κ1) is 36.4. The second-order valence-electron chi connectivity index (χ2n) is 11.5. The van der Waals surface area contributed by atoms with Crippen LogP contribution in [0.15, 0.2) is 66.2 Å². The van der Waals surface area contributed by atoms with E-state index in [4.69, 9.17) is 30.1 Å². The van der Waals surface area contributed by atoms with Gasteiger partial charge in [-0.1, -0.05) is 42.6 Å². The average molecular weight is 729 g/mol. The molecule has 11 nitrogen and oxygen atoms in total. The molecular weight excluding hydrogens is 692 g/mol. The fourth-order valence-electron chi connectivity index (χ4n) is 5.26. The van der Waals surface area contributed by atoms with Gasteiger partial charge >= 0.3 is 20.7 Å². The molecule has 1 aliphatic heterocycles. The number of carbonyl (C=O) groups excluding carboxylic acids is 1. The van der Waals surface area contributed by atoms with E-state index in [1.54, 1.807) is 24.3 Å². The molecule has 260 valence electrons. The van der Waals surface area contributed by atoms with Crippen molar-refractivity contribution in [2.45, 2.75) is 64.1 Å². The number of hydrogen-bond acceptors (Lipinski definition) is 11. The molecule has 4 atom stereocenters. The van der Waals surface area contributed by atoms with Crippen LogP contribution in [0.4, 0.5) is 19.0 Å². The van der Waals surface area contributed by atoms with E-state index in [0.717, 1.165) is 17.1 Å². The van der Waals surface area contributed by atoms with E-state index in [0.29, 0.717) is 35.9 Å². The predicted molar refractivity (Wildman–Crippen MR) is 180 cm³/mol. The van der Waals surface area contributed by atoms with E-state index in [1.165, 1.54) is 38.2 Å². The van der Waals surface area contributed by atoms with Crippen LogP contribution in [0.3, 0.4) is 0 Å². The number of aromatic nitrogens is 3. The van der Waals surface area contributed by atoms with Crippen LogP contribution in [0.2, 0.25) is 5.02 Å². The zero-order valence-corrected chi connectivity index (χ0v) is 29.2. The van der Waals surface area contributed by atoms with Gasteiger partial charge in [0.1, 0.15) is 36.1 Å². The SMILES string of the molecule is C/C=C\C(=C(/C)COC(=O)C1(NP(OCC2CC(C)C(n3ccc4c(NNSC)ncnc43)O2)Oc2ccc(Cl)cc2)CC1)C(F)(F)F. The third-order valence-corrected chi connectivity index (χ3v) is 9.78. The summed E-state index contributed by atoms with van der Waals surface area (Å²) in [6.07, 6.45) is 3.88. The van der Waals surface area contributed by atoms with Crippen LogP contribution in [-0.2, 0) is 18.8 Å². The summed E-state index contributed by atoms with van der Waals surface area (Å²) in [5, 5.41) is 4.52. The summed E-state index contributed by atoms with van der Waals surface area (Å²) in [5.41, 5.74) is 1.68. The van der Waals surface area contributed by atoms with Crippen LogP contribution in [0.5, 0.6) is 5.75 Å². The van der Waals surface area contributed by atoms with Crippen LogP contribution in [0, 0.1) is 5.92 Å². The van der Waals surface area contributed by atoms with Crippen molar-refractivity contribution in [1.29, 1.82) is 0 Å². The molecule has 4 unspecified atom stereocenters. The number of hydrogen-bond donors (Lipinski definition) is 3. The number of carbonyl (C=O) groups is 1.